The minimum atomic E-state index is -3.78. The zero-order chi connectivity index (χ0) is 14.0. The van der Waals surface area contributed by atoms with Crippen LogP contribution in [0.25, 0.3) is 0 Å². The van der Waals surface area contributed by atoms with Gasteiger partial charge >= 0.3 is 0 Å². The van der Waals surface area contributed by atoms with Crippen molar-refractivity contribution in [1.29, 1.82) is 0 Å². The first-order valence-electron chi connectivity index (χ1n) is 5.84. The van der Waals surface area contributed by atoms with Crippen molar-refractivity contribution < 1.29 is 13.2 Å². The van der Waals surface area contributed by atoms with E-state index in [1.165, 1.54) is 4.31 Å². The van der Waals surface area contributed by atoms with Gasteiger partial charge in [0.05, 0.1) is 12.4 Å². The lowest BCUT2D eigenvalue weighted by Gasteiger charge is -2.33. The molecule has 19 heavy (non-hydrogen) atoms. The molecule has 8 nitrogen and oxygen atoms in total. The molecule has 1 aromatic rings. The average molecular weight is 285 g/mol. The molecule has 1 unspecified atom stereocenters. The number of amides is 1. The SMILES string of the molecule is CCC1C(=O)NCCN1S(=O)(=O)c1cnc(N)nc1. The zero-order valence-electron chi connectivity index (χ0n) is 10.4. The lowest BCUT2D eigenvalue weighted by Crippen LogP contribution is -2.56. The van der Waals surface area contributed by atoms with Crippen LogP contribution in [0.4, 0.5) is 5.95 Å². The maximum absolute atomic E-state index is 12.4. The normalized spacial score (nSPS) is 21.1. The summed E-state index contributed by atoms with van der Waals surface area (Å²) in [5.74, 6) is -0.281. The second-order valence-corrected chi connectivity index (χ2v) is 6.00. The first-order chi connectivity index (χ1) is 8.96. The van der Waals surface area contributed by atoms with Crippen LogP contribution in [0.5, 0.6) is 0 Å². The van der Waals surface area contributed by atoms with Crippen LogP contribution in [-0.4, -0.2) is 47.7 Å². The number of carbonyl (C=O) groups excluding carboxylic acids is 1. The van der Waals surface area contributed by atoms with Gasteiger partial charge < -0.3 is 11.1 Å². The van der Waals surface area contributed by atoms with E-state index in [1.807, 2.05) is 0 Å². The van der Waals surface area contributed by atoms with Gasteiger partial charge in [-0.25, -0.2) is 18.4 Å². The number of nitrogens with two attached hydrogens (primary N) is 1. The molecule has 3 N–H and O–H groups in total. The summed E-state index contributed by atoms with van der Waals surface area (Å²) in [6, 6.07) is -0.698. The second kappa shape index (κ2) is 5.10. The highest BCUT2D eigenvalue weighted by Gasteiger charge is 2.37. The smallest absolute Gasteiger partial charge is 0.246 e. The Morgan fingerprint density at radius 1 is 1.47 bits per heavy atom. The Labute approximate surface area is 111 Å². The third-order valence-corrected chi connectivity index (χ3v) is 4.78. The molecule has 0 saturated carbocycles. The Kier molecular flexibility index (Phi) is 3.67. The van der Waals surface area contributed by atoms with Crippen molar-refractivity contribution in [3.63, 3.8) is 0 Å². The standard InChI is InChI=1S/C10H15N5O3S/c1-2-8-9(16)12-3-4-15(8)19(17,18)7-5-13-10(11)14-6-7/h5-6,8H,2-4H2,1H3,(H,12,16)(H2,11,13,14). The van der Waals surface area contributed by atoms with Gasteiger partial charge in [-0.1, -0.05) is 6.92 Å². The van der Waals surface area contributed by atoms with Crippen LogP contribution in [-0.2, 0) is 14.8 Å². The summed E-state index contributed by atoms with van der Waals surface area (Å²) in [6.45, 7) is 2.29. The minimum absolute atomic E-state index is 0.00220. The van der Waals surface area contributed by atoms with Gasteiger partial charge in [0, 0.05) is 13.1 Å². The van der Waals surface area contributed by atoms with Crippen LogP contribution < -0.4 is 11.1 Å². The van der Waals surface area contributed by atoms with Gasteiger partial charge in [0.1, 0.15) is 10.9 Å². The molecule has 0 aliphatic carbocycles. The maximum atomic E-state index is 12.4. The van der Waals surface area contributed by atoms with Gasteiger partial charge in [-0.3, -0.25) is 4.79 Å². The highest BCUT2D eigenvalue weighted by atomic mass is 32.2. The number of nitrogen functional groups attached to an aromatic ring is 1. The predicted molar refractivity (Wildman–Crippen MR) is 67.4 cm³/mol. The number of nitrogens with one attached hydrogen (secondary N) is 1. The second-order valence-electron chi connectivity index (χ2n) is 4.11. The molecule has 1 saturated heterocycles. The molecule has 1 amide bonds. The number of rotatable bonds is 3. The molecule has 1 aliphatic heterocycles. The summed E-state index contributed by atoms with van der Waals surface area (Å²) in [5, 5.41) is 2.65. The molecular weight excluding hydrogens is 270 g/mol. The maximum Gasteiger partial charge on any atom is 0.246 e. The van der Waals surface area contributed by atoms with E-state index in [2.05, 4.69) is 15.3 Å². The van der Waals surface area contributed by atoms with Crippen molar-refractivity contribution in [2.75, 3.05) is 18.8 Å². The molecule has 2 rings (SSSR count). The number of piperazine rings is 1. The van der Waals surface area contributed by atoms with E-state index in [4.69, 9.17) is 5.73 Å². The number of anilines is 1. The molecule has 0 aromatic carbocycles. The third-order valence-electron chi connectivity index (χ3n) is 2.92. The number of nitrogens with zero attached hydrogens (tertiary/aromatic N) is 3. The van der Waals surface area contributed by atoms with Crippen LogP contribution in [0, 0.1) is 0 Å². The van der Waals surface area contributed by atoms with Crippen molar-refractivity contribution in [3.05, 3.63) is 12.4 Å². The molecule has 104 valence electrons. The number of hydrogen-bond acceptors (Lipinski definition) is 6. The number of sulfonamides is 1. The number of carbonyl (C=O) groups is 1. The first-order valence-corrected chi connectivity index (χ1v) is 7.28. The lowest BCUT2D eigenvalue weighted by molar-refractivity contribution is -0.126. The van der Waals surface area contributed by atoms with E-state index in [9.17, 15) is 13.2 Å². The average Bonchev–Trinajstić information content (AvgIpc) is 2.39. The number of aromatic nitrogens is 2. The molecule has 9 heteroatoms. The van der Waals surface area contributed by atoms with Crippen LogP contribution in [0.2, 0.25) is 0 Å². The monoisotopic (exact) mass is 285 g/mol. The van der Waals surface area contributed by atoms with E-state index in [0.29, 0.717) is 13.0 Å². The Balaban J connectivity index is 2.37. The fourth-order valence-corrected chi connectivity index (χ4v) is 3.52. The molecule has 1 aliphatic rings. The van der Waals surface area contributed by atoms with Gasteiger partial charge in [0.25, 0.3) is 0 Å². The van der Waals surface area contributed by atoms with E-state index >= 15 is 0 Å². The van der Waals surface area contributed by atoms with E-state index in [0.717, 1.165) is 12.4 Å². The Hall–Kier alpha value is -1.74. The Bertz CT molecular complexity index is 571. The fraction of sp³-hybridized carbons (Fsp3) is 0.500. The molecule has 1 aromatic heterocycles. The van der Waals surface area contributed by atoms with Gasteiger partial charge in [-0.05, 0) is 6.42 Å². The molecular formula is C10H15N5O3S. The van der Waals surface area contributed by atoms with Crippen LogP contribution in [0.1, 0.15) is 13.3 Å². The Morgan fingerprint density at radius 2 is 2.11 bits per heavy atom. The summed E-state index contributed by atoms with van der Waals surface area (Å²) in [7, 11) is -3.78. The molecule has 0 bridgehead atoms. The highest BCUT2D eigenvalue weighted by Crippen LogP contribution is 2.20. The summed E-state index contributed by atoms with van der Waals surface area (Å²) >= 11 is 0. The van der Waals surface area contributed by atoms with Gasteiger partial charge in [-0.2, -0.15) is 4.31 Å². The van der Waals surface area contributed by atoms with Crippen molar-refractivity contribution >= 4 is 21.9 Å². The summed E-state index contributed by atoms with van der Waals surface area (Å²) in [6.07, 6.45) is 2.70. The summed E-state index contributed by atoms with van der Waals surface area (Å²) in [4.78, 5) is 19.0. The molecule has 2 heterocycles. The lowest BCUT2D eigenvalue weighted by atomic mass is 10.2. The molecule has 1 fully saturated rings. The van der Waals surface area contributed by atoms with E-state index < -0.39 is 16.1 Å². The van der Waals surface area contributed by atoms with Crippen LogP contribution >= 0.6 is 0 Å². The van der Waals surface area contributed by atoms with Gasteiger partial charge in [0.2, 0.25) is 21.9 Å². The first kappa shape index (κ1) is 13.7. The van der Waals surface area contributed by atoms with Crippen molar-refractivity contribution in [1.82, 2.24) is 19.6 Å². The predicted octanol–water partition coefficient (Wildman–Crippen LogP) is -1.04. The van der Waals surface area contributed by atoms with Crippen molar-refractivity contribution in [3.8, 4) is 0 Å². The third kappa shape index (κ3) is 2.51. The molecule has 0 spiro atoms. The van der Waals surface area contributed by atoms with Gasteiger partial charge in [-0.15, -0.1) is 0 Å². The molecule has 1 atom stereocenters. The van der Waals surface area contributed by atoms with Gasteiger partial charge in [0.15, 0.2) is 0 Å². The zero-order valence-corrected chi connectivity index (χ0v) is 11.2. The topological polar surface area (TPSA) is 118 Å². The minimum Gasteiger partial charge on any atom is -0.368 e. The van der Waals surface area contributed by atoms with Crippen LogP contribution in [0.15, 0.2) is 17.3 Å². The Morgan fingerprint density at radius 3 is 2.68 bits per heavy atom. The van der Waals surface area contributed by atoms with Crippen molar-refractivity contribution in [2.24, 2.45) is 0 Å². The summed E-state index contributed by atoms with van der Waals surface area (Å²) in [5.41, 5.74) is 5.33. The van der Waals surface area contributed by atoms with Crippen LogP contribution in [0.3, 0.4) is 0 Å². The summed E-state index contributed by atoms with van der Waals surface area (Å²) < 4.78 is 26.1. The van der Waals surface area contributed by atoms with E-state index in [1.54, 1.807) is 6.92 Å². The highest BCUT2D eigenvalue weighted by molar-refractivity contribution is 7.89. The largest absolute Gasteiger partial charge is 0.368 e. The van der Waals surface area contributed by atoms with Crippen molar-refractivity contribution in [2.45, 2.75) is 24.3 Å². The fourth-order valence-electron chi connectivity index (χ4n) is 1.97. The quantitative estimate of drug-likeness (QED) is 0.732. The number of hydrogen-bond donors (Lipinski definition) is 2. The van der Waals surface area contributed by atoms with E-state index in [-0.39, 0.29) is 23.3 Å². The molecule has 0 radical (unpaired) electrons.